The summed E-state index contributed by atoms with van der Waals surface area (Å²) in [5.41, 5.74) is 14.3. The maximum Gasteiger partial charge on any atom is 0.112 e. The van der Waals surface area contributed by atoms with Crippen molar-refractivity contribution in [1.82, 2.24) is 0 Å². The van der Waals surface area contributed by atoms with Crippen molar-refractivity contribution < 1.29 is 4.42 Å². The van der Waals surface area contributed by atoms with E-state index in [1.807, 2.05) is 49.4 Å². The number of fused-ring (bicyclic) bond motifs is 1. The predicted octanol–water partition coefficient (Wildman–Crippen LogP) is 2.51. The summed E-state index contributed by atoms with van der Waals surface area (Å²) in [4.78, 5) is 0. The molecule has 4 heteroatoms. The summed E-state index contributed by atoms with van der Waals surface area (Å²) in [7, 11) is 0. The zero-order valence-corrected chi connectivity index (χ0v) is 10.8. The van der Waals surface area contributed by atoms with Crippen LogP contribution in [0, 0.1) is 6.92 Å². The molecular weight excluding hydrogens is 238 g/mol. The molecule has 0 amide bonds. The molecule has 1 aromatic carbocycles. The second-order valence-electron chi connectivity index (χ2n) is 5.03. The third kappa shape index (κ3) is 2.35. The minimum Gasteiger partial charge on any atom is -0.466 e. The molecule has 0 fully saturated rings. The van der Waals surface area contributed by atoms with Gasteiger partial charge in [0.25, 0.3) is 0 Å². The Bertz CT molecular complexity index is 645. The van der Waals surface area contributed by atoms with Crippen molar-refractivity contribution in [2.45, 2.75) is 19.0 Å². The molecule has 1 aromatic heterocycles. The van der Waals surface area contributed by atoms with Crippen molar-refractivity contribution in [2.24, 2.45) is 5.73 Å². The van der Waals surface area contributed by atoms with Gasteiger partial charge in [-0.1, -0.05) is 6.08 Å². The van der Waals surface area contributed by atoms with Crippen molar-refractivity contribution in [3.05, 3.63) is 53.5 Å². The highest BCUT2D eigenvalue weighted by atomic mass is 16.3. The van der Waals surface area contributed by atoms with Crippen LogP contribution in [0.5, 0.6) is 0 Å². The second kappa shape index (κ2) is 4.17. The van der Waals surface area contributed by atoms with E-state index in [2.05, 4.69) is 5.32 Å². The van der Waals surface area contributed by atoms with Crippen molar-refractivity contribution in [3.8, 4) is 0 Å². The van der Waals surface area contributed by atoms with Crippen LogP contribution < -0.4 is 16.8 Å². The quantitative estimate of drug-likeness (QED) is 0.720. The van der Waals surface area contributed by atoms with Gasteiger partial charge in [0.1, 0.15) is 17.2 Å². The first kappa shape index (κ1) is 11.9. The fourth-order valence-corrected chi connectivity index (χ4v) is 2.34. The number of benzene rings is 1. The average Bonchev–Trinajstić information content (AvgIpc) is 2.75. The van der Waals surface area contributed by atoms with Crippen molar-refractivity contribution in [1.29, 1.82) is 0 Å². The first-order chi connectivity index (χ1) is 9.04. The Kier molecular flexibility index (Phi) is 2.61. The van der Waals surface area contributed by atoms with Gasteiger partial charge in [0.05, 0.1) is 0 Å². The van der Waals surface area contributed by atoms with Gasteiger partial charge in [0, 0.05) is 17.8 Å². The monoisotopic (exact) mass is 255 g/mol. The van der Waals surface area contributed by atoms with E-state index in [9.17, 15) is 0 Å². The number of nitrogens with one attached hydrogen (secondary N) is 1. The van der Waals surface area contributed by atoms with Gasteiger partial charge in [-0.15, -0.1) is 0 Å². The molecule has 0 saturated heterocycles. The molecule has 3 rings (SSSR count). The molecule has 1 aliphatic rings. The molecule has 1 aliphatic heterocycles. The highest BCUT2D eigenvalue weighted by Crippen LogP contribution is 2.29. The topological polar surface area (TPSA) is 77.2 Å². The lowest BCUT2D eigenvalue weighted by molar-refractivity contribution is 0.445. The third-order valence-electron chi connectivity index (χ3n) is 3.27. The molecule has 0 aliphatic carbocycles. The lowest BCUT2D eigenvalue weighted by Crippen LogP contribution is -2.49. The number of nitrogens with two attached hydrogens (primary N) is 2. The van der Waals surface area contributed by atoms with Crippen molar-refractivity contribution in [2.75, 3.05) is 11.1 Å². The third-order valence-corrected chi connectivity index (χ3v) is 3.27. The lowest BCUT2D eigenvalue weighted by Gasteiger charge is -2.32. The molecule has 2 heterocycles. The van der Waals surface area contributed by atoms with Gasteiger partial charge in [0.15, 0.2) is 0 Å². The number of rotatable bonds is 2. The smallest absolute Gasteiger partial charge is 0.112 e. The maximum absolute atomic E-state index is 6.36. The summed E-state index contributed by atoms with van der Waals surface area (Å²) in [6.45, 7) is 1.93. The summed E-state index contributed by atoms with van der Waals surface area (Å²) in [5.74, 6) is 1.77. The molecule has 0 bridgehead atoms. The molecule has 0 spiro atoms. The molecule has 1 unspecified atom stereocenters. The molecular formula is C15H17N3O. The Hall–Kier alpha value is -2.20. The summed E-state index contributed by atoms with van der Waals surface area (Å²) in [6, 6.07) is 9.64. The van der Waals surface area contributed by atoms with E-state index in [1.165, 1.54) is 0 Å². The average molecular weight is 255 g/mol. The molecule has 19 heavy (non-hydrogen) atoms. The molecule has 0 saturated carbocycles. The number of anilines is 2. The van der Waals surface area contributed by atoms with Gasteiger partial charge < -0.3 is 21.2 Å². The SMILES string of the molecule is Cc1ccc(CC2(N)C=Cc3cc(N)ccc3N2)o1. The van der Waals surface area contributed by atoms with E-state index in [0.29, 0.717) is 6.42 Å². The lowest BCUT2D eigenvalue weighted by atomic mass is 9.97. The first-order valence-electron chi connectivity index (χ1n) is 6.25. The van der Waals surface area contributed by atoms with E-state index < -0.39 is 5.66 Å². The summed E-state index contributed by atoms with van der Waals surface area (Å²) in [5, 5.41) is 3.33. The number of aryl methyl sites for hydroxylation is 1. The number of hydrogen-bond donors (Lipinski definition) is 3. The Balaban J connectivity index is 1.86. The van der Waals surface area contributed by atoms with Crippen molar-refractivity contribution in [3.63, 3.8) is 0 Å². The Morgan fingerprint density at radius 1 is 1.26 bits per heavy atom. The summed E-state index contributed by atoms with van der Waals surface area (Å²) in [6.07, 6.45) is 4.55. The standard InChI is InChI=1S/C15H17N3O/c1-10-2-4-13(19-10)9-15(17)7-6-11-8-12(16)3-5-14(11)18-15/h2-8,18H,9,16-17H2,1H3. The first-order valence-corrected chi connectivity index (χ1v) is 6.25. The largest absolute Gasteiger partial charge is 0.466 e. The van der Waals surface area contributed by atoms with Crippen LogP contribution in [-0.2, 0) is 6.42 Å². The van der Waals surface area contributed by atoms with Crippen LogP contribution in [0.2, 0.25) is 0 Å². The normalized spacial score (nSPS) is 20.9. The minimum atomic E-state index is -0.632. The molecule has 0 radical (unpaired) electrons. The number of nitrogen functional groups attached to an aromatic ring is 1. The fraction of sp³-hybridized carbons (Fsp3) is 0.200. The second-order valence-corrected chi connectivity index (χ2v) is 5.03. The maximum atomic E-state index is 6.36. The highest BCUT2D eigenvalue weighted by Gasteiger charge is 2.27. The fourth-order valence-electron chi connectivity index (χ4n) is 2.34. The van der Waals surface area contributed by atoms with E-state index in [0.717, 1.165) is 28.5 Å². The zero-order chi connectivity index (χ0) is 13.5. The summed E-state index contributed by atoms with van der Waals surface area (Å²) >= 11 is 0. The minimum absolute atomic E-state index is 0.598. The van der Waals surface area contributed by atoms with Crippen LogP contribution in [0.15, 0.2) is 40.8 Å². The van der Waals surface area contributed by atoms with E-state index in [4.69, 9.17) is 15.9 Å². The molecule has 5 N–H and O–H groups in total. The van der Waals surface area contributed by atoms with E-state index >= 15 is 0 Å². The van der Waals surface area contributed by atoms with Crippen LogP contribution in [0.3, 0.4) is 0 Å². The van der Waals surface area contributed by atoms with E-state index in [-0.39, 0.29) is 0 Å². The molecule has 98 valence electrons. The van der Waals surface area contributed by atoms with Gasteiger partial charge in [-0.25, -0.2) is 0 Å². The van der Waals surface area contributed by atoms with Crippen LogP contribution in [-0.4, -0.2) is 5.66 Å². The number of furan rings is 1. The van der Waals surface area contributed by atoms with Gasteiger partial charge >= 0.3 is 0 Å². The molecule has 4 nitrogen and oxygen atoms in total. The van der Waals surface area contributed by atoms with Crippen LogP contribution in [0.25, 0.3) is 6.08 Å². The highest BCUT2D eigenvalue weighted by molar-refractivity contribution is 5.75. The van der Waals surface area contributed by atoms with Gasteiger partial charge in [-0.05, 0) is 48.9 Å². The van der Waals surface area contributed by atoms with Gasteiger partial charge in [0.2, 0.25) is 0 Å². The number of hydrogen-bond acceptors (Lipinski definition) is 4. The van der Waals surface area contributed by atoms with Gasteiger partial charge in [-0.2, -0.15) is 0 Å². The van der Waals surface area contributed by atoms with E-state index in [1.54, 1.807) is 0 Å². The zero-order valence-electron chi connectivity index (χ0n) is 10.8. The summed E-state index contributed by atoms with van der Waals surface area (Å²) < 4.78 is 5.58. The predicted molar refractivity (Wildman–Crippen MR) is 77.6 cm³/mol. The van der Waals surface area contributed by atoms with Crippen LogP contribution in [0.1, 0.15) is 17.1 Å². The molecule has 2 aromatic rings. The van der Waals surface area contributed by atoms with Crippen molar-refractivity contribution >= 4 is 17.5 Å². The molecule has 1 atom stereocenters. The van der Waals surface area contributed by atoms with Gasteiger partial charge in [-0.3, -0.25) is 0 Å². The van der Waals surface area contributed by atoms with Crippen LogP contribution in [0.4, 0.5) is 11.4 Å². The Labute approximate surface area is 112 Å². The Morgan fingerprint density at radius 3 is 2.84 bits per heavy atom. The Morgan fingerprint density at radius 2 is 2.11 bits per heavy atom. The van der Waals surface area contributed by atoms with Crippen LogP contribution >= 0.6 is 0 Å².